The van der Waals surface area contributed by atoms with Crippen LogP contribution in [0, 0.1) is 5.92 Å². The van der Waals surface area contributed by atoms with Crippen molar-refractivity contribution < 1.29 is 14.7 Å². The largest absolute Gasteiger partial charge is 0.480 e. The zero-order valence-corrected chi connectivity index (χ0v) is 11.6. The van der Waals surface area contributed by atoms with E-state index in [2.05, 4.69) is 5.32 Å². The fourth-order valence-electron chi connectivity index (χ4n) is 1.39. The van der Waals surface area contributed by atoms with Crippen LogP contribution in [0.2, 0.25) is 0 Å². The van der Waals surface area contributed by atoms with E-state index < -0.39 is 11.5 Å². The van der Waals surface area contributed by atoms with E-state index in [-0.39, 0.29) is 12.1 Å². The number of hydrogen-bond acceptors (Lipinski definition) is 2. The normalized spacial score (nSPS) is 13.4. The van der Waals surface area contributed by atoms with Gasteiger partial charge in [0, 0.05) is 13.1 Å². The lowest BCUT2D eigenvalue weighted by Gasteiger charge is -2.33. The van der Waals surface area contributed by atoms with Gasteiger partial charge in [0.2, 0.25) is 0 Å². The fourth-order valence-corrected chi connectivity index (χ4v) is 1.39. The molecule has 1 unspecified atom stereocenters. The topological polar surface area (TPSA) is 69.6 Å². The average Bonchev–Trinajstić information content (AvgIpc) is 2.23. The van der Waals surface area contributed by atoms with Crippen LogP contribution >= 0.6 is 0 Å². The van der Waals surface area contributed by atoms with Crippen molar-refractivity contribution in [1.82, 2.24) is 10.2 Å². The number of carboxylic acids is 1. The maximum Gasteiger partial charge on any atom is 0.329 e. The number of aliphatic carboxylic acids is 1. The number of carboxylic acid groups (broad SMARTS) is 1. The summed E-state index contributed by atoms with van der Waals surface area (Å²) in [5.41, 5.74) is -1.21. The number of carbonyl (C=O) groups excluding carboxylic acids is 1. The number of rotatable bonds is 5. The Labute approximate surface area is 103 Å². The van der Waals surface area contributed by atoms with Gasteiger partial charge in [-0.25, -0.2) is 9.59 Å². The number of nitrogens with zero attached hydrogens (tertiary/aromatic N) is 1. The Balaban J connectivity index is 4.67. The molecule has 0 radical (unpaired) electrons. The first-order valence-electron chi connectivity index (χ1n) is 5.92. The Kier molecular flexibility index (Phi) is 5.45. The summed E-state index contributed by atoms with van der Waals surface area (Å²) < 4.78 is 0. The Morgan fingerprint density at radius 1 is 1.35 bits per heavy atom. The van der Waals surface area contributed by atoms with Gasteiger partial charge < -0.3 is 15.3 Å². The monoisotopic (exact) mass is 244 g/mol. The van der Waals surface area contributed by atoms with Crippen LogP contribution in [0.1, 0.15) is 41.0 Å². The highest BCUT2D eigenvalue weighted by Gasteiger charge is 2.35. The van der Waals surface area contributed by atoms with Crippen molar-refractivity contribution in [3.63, 3.8) is 0 Å². The molecule has 0 spiro atoms. The molecule has 0 aliphatic heterocycles. The zero-order chi connectivity index (χ0) is 13.8. The predicted molar refractivity (Wildman–Crippen MR) is 66.9 cm³/mol. The van der Waals surface area contributed by atoms with Crippen LogP contribution in [0.25, 0.3) is 0 Å². The molecule has 100 valence electrons. The van der Waals surface area contributed by atoms with Crippen molar-refractivity contribution in [3.05, 3.63) is 0 Å². The number of carbonyl (C=O) groups is 2. The minimum atomic E-state index is -1.21. The summed E-state index contributed by atoms with van der Waals surface area (Å²) in [4.78, 5) is 24.2. The molecule has 5 heteroatoms. The molecule has 0 aromatic carbocycles. The first-order valence-corrected chi connectivity index (χ1v) is 5.92. The average molecular weight is 244 g/mol. The fraction of sp³-hybridized carbons (Fsp3) is 0.833. The Morgan fingerprint density at radius 3 is 2.12 bits per heavy atom. The second-order valence-electron chi connectivity index (χ2n) is 5.13. The highest BCUT2D eigenvalue weighted by atomic mass is 16.4. The number of urea groups is 1. The summed E-state index contributed by atoms with van der Waals surface area (Å²) in [6.45, 7) is 9.05. The molecule has 0 bridgehead atoms. The van der Waals surface area contributed by atoms with Crippen molar-refractivity contribution in [2.45, 2.75) is 52.6 Å². The van der Waals surface area contributed by atoms with Gasteiger partial charge in [0.1, 0.15) is 5.54 Å². The lowest BCUT2D eigenvalue weighted by molar-refractivity contribution is -0.146. The molecular formula is C12H24N2O3. The van der Waals surface area contributed by atoms with Crippen LogP contribution in [0.15, 0.2) is 0 Å². The van der Waals surface area contributed by atoms with Crippen molar-refractivity contribution >= 4 is 12.0 Å². The van der Waals surface area contributed by atoms with E-state index >= 15 is 0 Å². The Hall–Kier alpha value is -1.26. The highest BCUT2D eigenvalue weighted by molar-refractivity contribution is 5.85. The molecule has 0 aromatic rings. The molecule has 0 saturated heterocycles. The molecule has 0 aliphatic carbocycles. The summed E-state index contributed by atoms with van der Waals surface area (Å²) in [5, 5.41) is 11.9. The van der Waals surface area contributed by atoms with Gasteiger partial charge >= 0.3 is 12.0 Å². The molecule has 0 aromatic heterocycles. The van der Waals surface area contributed by atoms with Gasteiger partial charge in [-0.3, -0.25) is 0 Å². The molecule has 0 saturated carbocycles. The first kappa shape index (κ1) is 15.7. The van der Waals surface area contributed by atoms with Crippen LogP contribution in [0.3, 0.4) is 0 Å². The van der Waals surface area contributed by atoms with Gasteiger partial charge in [0.25, 0.3) is 0 Å². The van der Waals surface area contributed by atoms with Crippen LogP contribution in [-0.4, -0.2) is 40.6 Å². The van der Waals surface area contributed by atoms with E-state index in [1.54, 1.807) is 0 Å². The number of hydrogen-bond donors (Lipinski definition) is 2. The molecule has 17 heavy (non-hydrogen) atoms. The van der Waals surface area contributed by atoms with E-state index in [0.717, 1.165) is 6.42 Å². The van der Waals surface area contributed by atoms with Crippen molar-refractivity contribution in [3.8, 4) is 0 Å². The minimum absolute atomic E-state index is 0.0644. The molecular weight excluding hydrogens is 220 g/mol. The SMILES string of the molecule is CCC(NC(=O)N(C)C(C)(C)C(=O)O)C(C)C. The maximum atomic E-state index is 11.9. The second-order valence-corrected chi connectivity index (χ2v) is 5.13. The van der Waals surface area contributed by atoms with Gasteiger partial charge in [-0.15, -0.1) is 0 Å². The molecule has 0 heterocycles. The van der Waals surface area contributed by atoms with Gasteiger partial charge in [-0.2, -0.15) is 0 Å². The summed E-state index contributed by atoms with van der Waals surface area (Å²) in [5.74, 6) is -0.696. The molecule has 2 N–H and O–H groups in total. The molecule has 2 amide bonds. The lowest BCUT2D eigenvalue weighted by atomic mass is 10.0. The molecule has 1 atom stereocenters. The van der Waals surface area contributed by atoms with Crippen molar-refractivity contribution in [1.29, 1.82) is 0 Å². The molecule has 0 rings (SSSR count). The van der Waals surface area contributed by atoms with Gasteiger partial charge in [-0.1, -0.05) is 20.8 Å². The molecule has 5 nitrogen and oxygen atoms in total. The minimum Gasteiger partial charge on any atom is -0.480 e. The zero-order valence-electron chi connectivity index (χ0n) is 11.6. The highest BCUT2D eigenvalue weighted by Crippen LogP contribution is 2.14. The summed E-state index contributed by atoms with van der Waals surface area (Å²) >= 11 is 0. The predicted octanol–water partition coefficient (Wildman–Crippen LogP) is 1.93. The lowest BCUT2D eigenvalue weighted by Crippen LogP contribution is -2.56. The van der Waals surface area contributed by atoms with Crippen LogP contribution in [0.4, 0.5) is 4.79 Å². The molecule has 0 aliphatic rings. The maximum absolute atomic E-state index is 11.9. The second kappa shape index (κ2) is 5.89. The first-order chi connectivity index (χ1) is 7.64. The third kappa shape index (κ3) is 3.91. The van der Waals surface area contributed by atoms with Crippen LogP contribution < -0.4 is 5.32 Å². The number of amides is 2. The summed E-state index contributed by atoms with van der Waals surface area (Å²) in [6, 6.07) is -0.285. The van der Waals surface area contributed by atoms with Gasteiger partial charge in [0.05, 0.1) is 0 Å². The van der Waals surface area contributed by atoms with E-state index in [1.807, 2.05) is 20.8 Å². The quantitative estimate of drug-likeness (QED) is 0.776. The molecule has 0 fully saturated rings. The third-order valence-corrected chi connectivity index (χ3v) is 3.22. The standard InChI is InChI=1S/C12H24N2O3/c1-7-9(8(2)3)13-11(17)14(6)12(4,5)10(15)16/h8-9H,7H2,1-6H3,(H,13,17)(H,15,16). The van der Waals surface area contributed by atoms with E-state index in [4.69, 9.17) is 5.11 Å². The smallest absolute Gasteiger partial charge is 0.329 e. The van der Waals surface area contributed by atoms with E-state index in [0.29, 0.717) is 5.92 Å². The van der Waals surface area contributed by atoms with Crippen molar-refractivity contribution in [2.24, 2.45) is 5.92 Å². The van der Waals surface area contributed by atoms with Crippen molar-refractivity contribution in [2.75, 3.05) is 7.05 Å². The third-order valence-electron chi connectivity index (χ3n) is 3.22. The van der Waals surface area contributed by atoms with E-state index in [1.165, 1.54) is 25.8 Å². The van der Waals surface area contributed by atoms with E-state index in [9.17, 15) is 9.59 Å². The number of nitrogens with one attached hydrogen (secondary N) is 1. The summed E-state index contributed by atoms with van der Waals surface area (Å²) in [7, 11) is 1.50. The van der Waals surface area contributed by atoms with Crippen LogP contribution in [-0.2, 0) is 4.79 Å². The Morgan fingerprint density at radius 2 is 1.82 bits per heavy atom. The Bertz CT molecular complexity index is 287. The van der Waals surface area contributed by atoms with Gasteiger partial charge in [-0.05, 0) is 26.2 Å². The summed E-state index contributed by atoms with van der Waals surface area (Å²) in [6.07, 6.45) is 0.824. The number of likely N-dealkylation sites (N-methyl/N-ethyl adjacent to an activating group) is 1. The van der Waals surface area contributed by atoms with Gasteiger partial charge in [0.15, 0.2) is 0 Å². The van der Waals surface area contributed by atoms with Crippen LogP contribution in [0.5, 0.6) is 0 Å².